The molecule has 3 aromatic rings. The molecule has 1 aromatic carbocycles. The maximum absolute atomic E-state index is 13.0. The fraction of sp³-hybridized carbons (Fsp3) is 0.444. The Balaban J connectivity index is 1.20. The molecule has 3 heterocycles. The summed E-state index contributed by atoms with van der Waals surface area (Å²) in [5, 5.41) is 10.2. The number of benzene rings is 1. The molecule has 0 unspecified atom stereocenters. The number of hydrogen-bond acceptors (Lipinski definition) is 6. The predicted octanol–water partition coefficient (Wildman–Crippen LogP) is 3.38. The van der Waals surface area contributed by atoms with Gasteiger partial charge < -0.3 is 9.80 Å². The molecule has 7 heteroatoms. The highest BCUT2D eigenvalue weighted by Crippen LogP contribution is 2.32. The lowest BCUT2D eigenvalue weighted by atomic mass is 9.78. The second-order valence-electron chi connectivity index (χ2n) is 9.67. The Morgan fingerprint density at radius 1 is 0.941 bits per heavy atom. The van der Waals surface area contributed by atoms with Crippen molar-refractivity contribution in [2.24, 2.45) is 11.8 Å². The first kappa shape index (κ1) is 22.6. The van der Waals surface area contributed by atoms with Crippen molar-refractivity contribution in [2.45, 2.75) is 32.1 Å². The fourth-order valence-corrected chi connectivity index (χ4v) is 5.17. The molecule has 0 spiro atoms. The summed E-state index contributed by atoms with van der Waals surface area (Å²) in [6.45, 7) is 3.53. The number of piperazine rings is 1. The molecule has 2 aromatic heterocycles. The van der Waals surface area contributed by atoms with Crippen LogP contribution >= 0.6 is 0 Å². The molecule has 0 radical (unpaired) electrons. The van der Waals surface area contributed by atoms with Crippen LogP contribution in [-0.4, -0.2) is 69.9 Å². The summed E-state index contributed by atoms with van der Waals surface area (Å²) in [6, 6.07) is 11.9. The third-order valence-corrected chi connectivity index (χ3v) is 7.35. The van der Waals surface area contributed by atoms with Crippen molar-refractivity contribution in [3.8, 4) is 11.3 Å². The lowest BCUT2D eigenvalue weighted by molar-refractivity contribution is -0.139. The van der Waals surface area contributed by atoms with Crippen molar-refractivity contribution in [1.29, 1.82) is 0 Å². The number of Topliss-reactive ketones (excluding diaryl/α,β-unsaturated/α-hetero) is 1. The van der Waals surface area contributed by atoms with E-state index in [1.807, 2.05) is 41.4 Å². The number of ketones is 1. The predicted molar refractivity (Wildman–Crippen MR) is 131 cm³/mol. The lowest BCUT2D eigenvalue weighted by Gasteiger charge is -2.36. The first-order valence-electron chi connectivity index (χ1n) is 12.2. The van der Waals surface area contributed by atoms with E-state index in [1.54, 1.807) is 6.20 Å². The van der Waals surface area contributed by atoms with Crippen LogP contribution in [0.15, 0.2) is 48.8 Å². The normalized spacial score (nSPS) is 21.5. The number of carbonyl (C=O) groups is 2. The van der Waals surface area contributed by atoms with Crippen LogP contribution in [0.2, 0.25) is 0 Å². The molecule has 2 aliphatic rings. The highest BCUT2D eigenvalue weighted by atomic mass is 16.2. The average Bonchev–Trinajstić information content (AvgIpc) is 2.89. The van der Waals surface area contributed by atoms with Crippen molar-refractivity contribution in [1.82, 2.24) is 25.0 Å². The maximum Gasteiger partial charge on any atom is 0.225 e. The molecule has 0 atom stereocenters. The number of hydrogen-bond donors (Lipinski definition) is 0. The smallest absolute Gasteiger partial charge is 0.225 e. The maximum atomic E-state index is 13.0. The van der Waals surface area contributed by atoms with Crippen LogP contribution in [0.5, 0.6) is 0 Å². The van der Waals surface area contributed by atoms with E-state index in [4.69, 9.17) is 0 Å². The Morgan fingerprint density at radius 2 is 1.71 bits per heavy atom. The molecule has 1 saturated heterocycles. The number of likely N-dealkylation sites (N-methyl/N-ethyl adjacent to an activating group) is 1. The van der Waals surface area contributed by atoms with Gasteiger partial charge in [0.25, 0.3) is 0 Å². The molecule has 1 aliphatic heterocycles. The summed E-state index contributed by atoms with van der Waals surface area (Å²) in [4.78, 5) is 34.7. The first-order valence-corrected chi connectivity index (χ1v) is 12.2. The summed E-state index contributed by atoms with van der Waals surface area (Å²) < 4.78 is 0. The second-order valence-corrected chi connectivity index (χ2v) is 9.67. The molecular formula is C27H31N5O2. The third-order valence-electron chi connectivity index (χ3n) is 7.35. The van der Waals surface area contributed by atoms with Gasteiger partial charge in [-0.25, -0.2) is 0 Å². The number of nitrogens with zero attached hydrogens (tertiary/aromatic N) is 5. The number of fused-ring (bicyclic) bond motifs is 1. The van der Waals surface area contributed by atoms with Crippen LogP contribution in [0.1, 0.15) is 31.4 Å². The van der Waals surface area contributed by atoms with Crippen LogP contribution < -0.4 is 0 Å². The molecule has 7 nitrogen and oxygen atoms in total. The summed E-state index contributed by atoms with van der Waals surface area (Å²) in [5.74, 6) is 0.627. The minimum atomic E-state index is 0.0277. The number of pyridine rings is 1. The van der Waals surface area contributed by atoms with Crippen LogP contribution in [0.3, 0.4) is 0 Å². The molecular weight excluding hydrogens is 426 g/mol. The van der Waals surface area contributed by atoms with E-state index in [0.29, 0.717) is 6.42 Å². The van der Waals surface area contributed by atoms with Gasteiger partial charge in [-0.2, -0.15) is 10.2 Å². The van der Waals surface area contributed by atoms with Crippen LogP contribution in [-0.2, 0) is 16.0 Å². The summed E-state index contributed by atoms with van der Waals surface area (Å²) in [5.41, 5.74) is 2.61. The number of carbonyl (C=O) groups excluding carboxylic acids is 2. The molecule has 34 heavy (non-hydrogen) atoms. The van der Waals surface area contributed by atoms with Gasteiger partial charge in [-0.1, -0.05) is 12.1 Å². The number of aromatic nitrogens is 3. The van der Waals surface area contributed by atoms with Gasteiger partial charge in [-0.3, -0.25) is 14.6 Å². The Kier molecular flexibility index (Phi) is 6.63. The van der Waals surface area contributed by atoms with E-state index in [-0.39, 0.29) is 23.5 Å². The number of rotatable bonds is 5. The molecule has 1 amide bonds. The SMILES string of the molecule is CN1CCN(C(=O)C2CCC(C(=O)Cc3cc4cc(-c5cccnn5)ccc4cn3)CC2)CC1. The molecule has 0 bridgehead atoms. The van der Waals surface area contributed by atoms with E-state index >= 15 is 0 Å². The third kappa shape index (κ3) is 4.99. The van der Waals surface area contributed by atoms with Crippen molar-refractivity contribution >= 4 is 22.5 Å². The minimum absolute atomic E-state index is 0.0277. The van der Waals surface area contributed by atoms with Gasteiger partial charge in [0.15, 0.2) is 0 Å². The summed E-state index contributed by atoms with van der Waals surface area (Å²) in [7, 11) is 2.10. The molecule has 176 valence electrons. The van der Waals surface area contributed by atoms with Gasteiger partial charge in [-0.15, -0.1) is 0 Å². The van der Waals surface area contributed by atoms with E-state index in [2.05, 4.69) is 33.2 Å². The molecule has 5 rings (SSSR count). The molecule has 1 saturated carbocycles. The van der Waals surface area contributed by atoms with Crippen LogP contribution in [0.25, 0.3) is 22.0 Å². The molecule has 0 N–H and O–H groups in total. The molecule has 2 fully saturated rings. The quantitative estimate of drug-likeness (QED) is 0.584. The van der Waals surface area contributed by atoms with Gasteiger partial charge in [-0.05, 0) is 62.4 Å². The Bertz CT molecular complexity index is 1170. The van der Waals surface area contributed by atoms with Crippen molar-refractivity contribution in [3.05, 3.63) is 54.5 Å². The lowest BCUT2D eigenvalue weighted by Crippen LogP contribution is -2.49. The minimum Gasteiger partial charge on any atom is -0.340 e. The zero-order valence-corrected chi connectivity index (χ0v) is 19.7. The second kappa shape index (κ2) is 9.97. The van der Waals surface area contributed by atoms with Gasteiger partial charge >= 0.3 is 0 Å². The van der Waals surface area contributed by atoms with E-state index in [0.717, 1.165) is 79.6 Å². The zero-order valence-electron chi connectivity index (χ0n) is 19.7. The van der Waals surface area contributed by atoms with Crippen LogP contribution in [0.4, 0.5) is 0 Å². The van der Waals surface area contributed by atoms with Crippen LogP contribution in [0, 0.1) is 11.8 Å². The van der Waals surface area contributed by atoms with E-state index in [1.165, 1.54) is 0 Å². The van der Waals surface area contributed by atoms with Gasteiger partial charge in [0.1, 0.15) is 5.78 Å². The Labute approximate surface area is 200 Å². The Morgan fingerprint density at radius 3 is 2.44 bits per heavy atom. The summed E-state index contributed by atoms with van der Waals surface area (Å²) in [6.07, 6.45) is 7.06. The van der Waals surface area contributed by atoms with Gasteiger partial charge in [0, 0.05) is 73.5 Å². The molecule has 1 aliphatic carbocycles. The highest BCUT2D eigenvalue weighted by molar-refractivity contribution is 5.88. The Hall–Kier alpha value is -3.19. The first-order chi connectivity index (χ1) is 16.6. The van der Waals surface area contributed by atoms with E-state index < -0.39 is 0 Å². The van der Waals surface area contributed by atoms with Gasteiger partial charge in [0.2, 0.25) is 5.91 Å². The zero-order chi connectivity index (χ0) is 23.5. The van der Waals surface area contributed by atoms with Crippen molar-refractivity contribution < 1.29 is 9.59 Å². The van der Waals surface area contributed by atoms with E-state index in [9.17, 15) is 9.59 Å². The van der Waals surface area contributed by atoms with Crippen molar-refractivity contribution in [2.75, 3.05) is 33.2 Å². The standard InChI is InChI=1S/C27H31N5O2/c1-31-11-13-32(14-12-31)27(34)20-6-4-19(5-7-20)26(33)17-24-16-23-15-21(8-9-22(23)18-28-24)25-3-2-10-29-30-25/h2-3,8-10,15-16,18-20H,4-7,11-14,17H2,1H3. The average molecular weight is 458 g/mol. The number of amides is 1. The van der Waals surface area contributed by atoms with Gasteiger partial charge in [0.05, 0.1) is 5.69 Å². The van der Waals surface area contributed by atoms with Crippen molar-refractivity contribution in [3.63, 3.8) is 0 Å². The topological polar surface area (TPSA) is 79.3 Å². The fourth-order valence-electron chi connectivity index (χ4n) is 5.17. The largest absolute Gasteiger partial charge is 0.340 e. The highest BCUT2D eigenvalue weighted by Gasteiger charge is 2.32. The monoisotopic (exact) mass is 457 g/mol. The summed E-state index contributed by atoms with van der Waals surface area (Å²) >= 11 is 0.